The lowest BCUT2D eigenvalue weighted by molar-refractivity contribution is -0.125. The smallest absolute Gasteiger partial charge is 0.223 e. The van der Waals surface area contributed by atoms with Gasteiger partial charge >= 0.3 is 0 Å². The number of rotatable bonds is 3. The molecule has 0 spiro atoms. The molecule has 1 aliphatic heterocycles. The molecule has 0 aromatic carbocycles. The minimum absolute atomic E-state index is 0.163. The summed E-state index contributed by atoms with van der Waals surface area (Å²) in [6.07, 6.45) is 3.64. The summed E-state index contributed by atoms with van der Waals surface area (Å²) in [5.41, 5.74) is 2.08. The number of amides is 1. The van der Waals surface area contributed by atoms with Crippen LogP contribution in [0.3, 0.4) is 0 Å². The van der Waals surface area contributed by atoms with Crippen LogP contribution in [-0.2, 0) is 11.3 Å². The average molecular weight is 233 g/mol. The molecule has 0 atom stereocenters. The van der Waals surface area contributed by atoms with Crippen molar-refractivity contribution in [3.05, 3.63) is 29.6 Å². The fraction of sp³-hybridized carbons (Fsp3) is 0.538. The summed E-state index contributed by atoms with van der Waals surface area (Å²) in [6.45, 7) is 4.44. The zero-order chi connectivity index (χ0) is 12.1. The van der Waals surface area contributed by atoms with Gasteiger partial charge in [-0.2, -0.15) is 0 Å². The first-order valence-corrected chi connectivity index (χ1v) is 6.16. The minimum Gasteiger partial charge on any atom is -0.350 e. The molecular formula is C13H19N3O. The van der Waals surface area contributed by atoms with Crippen molar-refractivity contribution in [2.24, 2.45) is 5.92 Å². The summed E-state index contributed by atoms with van der Waals surface area (Å²) in [5, 5.41) is 6.24. The first-order chi connectivity index (χ1) is 8.27. The van der Waals surface area contributed by atoms with E-state index < -0.39 is 0 Å². The van der Waals surface area contributed by atoms with Crippen molar-refractivity contribution < 1.29 is 4.79 Å². The number of carbonyl (C=O) groups is 1. The summed E-state index contributed by atoms with van der Waals surface area (Å²) in [5.74, 6) is 0.330. The molecule has 1 amide bonds. The van der Waals surface area contributed by atoms with E-state index in [-0.39, 0.29) is 11.8 Å². The summed E-state index contributed by atoms with van der Waals surface area (Å²) < 4.78 is 0. The number of aromatic nitrogens is 1. The first-order valence-electron chi connectivity index (χ1n) is 6.16. The minimum atomic E-state index is 0.163. The van der Waals surface area contributed by atoms with Crippen molar-refractivity contribution in [3.8, 4) is 0 Å². The van der Waals surface area contributed by atoms with E-state index >= 15 is 0 Å². The third kappa shape index (κ3) is 3.27. The highest BCUT2D eigenvalue weighted by atomic mass is 16.1. The van der Waals surface area contributed by atoms with Gasteiger partial charge in [-0.05, 0) is 44.5 Å². The normalized spacial score (nSPS) is 16.8. The van der Waals surface area contributed by atoms with Gasteiger partial charge in [-0.3, -0.25) is 9.78 Å². The third-order valence-electron chi connectivity index (χ3n) is 3.26. The van der Waals surface area contributed by atoms with Gasteiger partial charge in [0.05, 0.1) is 12.2 Å². The van der Waals surface area contributed by atoms with Gasteiger partial charge in [0.2, 0.25) is 5.91 Å². The zero-order valence-electron chi connectivity index (χ0n) is 10.2. The monoisotopic (exact) mass is 233 g/mol. The van der Waals surface area contributed by atoms with E-state index in [4.69, 9.17) is 0 Å². The SMILES string of the molecule is Cc1cccnc1CNC(=O)C1CCNCC1. The van der Waals surface area contributed by atoms with E-state index in [1.54, 1.807) is 6.20 Å². The summed E-state index contributed by atoms with van der Waals surface area (Å²) in [4.78, 5) is 16.2. The molecule has 2 rings (SSSR count). The lowest BCUT2D eigenvalue weighted by Gasteiger charge is -2.21. The molecular weight excluding hydrogens is 214 g/mol. The predicted molar refractivity (Wildman–Crippen MR) is 66.4 cm³/mol. The van der Waals surface area contributed by atoms with Crippen molar-refractivity contribution in [2.45, 2.75) is 26.3 Å². The van der Waals surface area contributed by atoms with Crippen molar-refractivity contribution >= 4 is 5.91 Å². The fourth-order valence-corrected chi connectivity index (χ4v) is 2.10. The maximum absolute atomic E-state index is 11.9. The van der Waals surface area contributed by atoms with Crippen LogP contribution in [-0.4, -0.2) is 24.0 Å². The van der Waals surface area contributed by atoms with Crippen molar-refractivity contribution in [3.63, 3.8) is 0 Å². The Morgan fingerprint density at radius 1 is 1.53 bits per heavy atom. The highest BCUT2D eigenvalue weighted by Crippen LogP contribution is 2.12. The number of piperidine rings is 1. The molecule has 92 valence electrons. The second-order valence-electron chi connectivity index (χ2n) is 4.51. The maximum atomic E-state index is 11.9. The summed E-state index contributed by atoms with van der Waals surface area (Å²) in [6, 6.07) is 3.92. The predicted octanol–water partition coefficient (Wildman–Crippen LogP) is 1.01. The molecule has 1 fully saturated rings. The molecule has 1 aliphatic rings. The Bertz CT molecular complexity index is 386. The van der Waals surface area contributed by atoms with E-state index in [2.05, 4.69) is 15.6 Å². The van der Waals surface area contributed by atoms with Crippen LogP contribution >= 0.6 is 0 Å². The topological polar surface area (TPSA) is 54.0 Å². The molecule has 2 N–H and O–H groups in total. The maximum Gasteiger partial charge on any atom is 0.223 e. The summed E-state index contributed by atoms with van der Waals surface area (Å²) in [7, 11) is 0. The van der Waals surface area contributed by atoms with E-state index in [1.807, 2.05) is 19.1 Å². The van der Waals surface area contributed by atoms with Crippen LogP contribution in [0.2, 0.25) is 0 Å². The lowest BCUT2D eigenvalue weighted by atomic mass is 9.97. The van der Waals surface area contributed by atoms with Crippen LogP contribution in [0.15, 0.2) is 18.3 Å². The van der Waals surface area contributed by atoms with Crippen LogP contribution in [0.25, 0.3) is 0 Å². The first kappa shape index (κ1) is 12.0. The number of carbonyl (C=O) groups excluding carboxylic acids is 1. The van der Waals surface area contributed by atoms with Crippen molar-refractivity contribution in [1.29, 1.82) is 0 Å². The fourth-order valence-electron chi connectivity index (χ4n) is 2.10. The Kier molecular flexibility index (Phi) is 4.09. The Labute approximate surface area is 102 Å². The van der Waals surface area contributed by atoms with Crippen molar-refractivity contribution in [1.82, 2.24) is 15.6 Å². The number of pyridine rings is 1. The zero-order valence-corrected chi connectivity index (χ0v) is 10.2. The molecule has 17 heavy (non-hydrogen) atoms. The Morgan fingerprint density at radius 3 is 3.00 bits per heavy atom. The molecule has 0 bridgehead atoms. The van der Waals surface area contributed by atoms with Crippen LogP contribution in [0, 0.1) is 12.8 Å². The Morgan fingerprint density at radius 2 is 2.29 bits per heavy atom. The molecule has 1 aromatic rings. The van der Waals surface area contributed by atoms with Gasteiger partial charge < -0.3 is 10.6 Å². The largest absolute Gasteiger partial charge is 0.350 e. The molecule has 0 radical (unpaired) electrons. The number of aryl methyl sites for hydroxylation is 1. The third-order valence-corrected chi connectivity index (χ3v) is 3.26. The van der Waals surface area contributed by atoms with E-state index in [9.17, 15) is 4.79 Å². The lowest BCUT2D eigenvalue weighted by Crippen LogP contribution is -2.38. The average Bonchev–Trinajstić information content (AvgIpc) is 2.38. The molecule has 4 nitrogen and oxygen atoms in total. The van der Waals surface area contributed by atoms with Crippen LogP contribution in [0.4, 0.5) is 0 Å². The van der Waals surface area contributed by atoms with Gasteiger partial charge in [-0.15, -0.1) is 0 Å². The molecule has 0 aliphatic carbocycles. The molecule has 1 saturated heterocycles. The number of nitrogens with zero attached hydrogens (tertiary/aromatic N) is 1. The Balaban J connectivity index is 1.85. The van der Waals surface area contributed by atoms with Gasteiger partial charge in [0, 0.05) is 12.1 Å². The van der Waals surface area contributed by atoms with Crippen LogP contribution < -0.4 is 10.6 Å². The number of hydrogen-bond acceptors (Lipinski definition) is 3. The van der Waals surface area contributed by atoms with Gasteiger partial charge in [-0.1, -0.05) is 6.07 Å². The van der Waals surface area contributed by atoms with Crippen molar-refractivity contribution in [2.75, 3.05) is 13.1 Å². The molecule has 4 heteroatoms. The van der Waals surface area contributed by atoms with Gasteiger partial charge in [0.25, 0.3) is 0 Å². The quantitative estimate of drug-likeness (QED) is 0.819. The molecule has 0 unspecified atom stereocenters. The second-order valence-corrected chi connectivity index (χ2v) is 4.51. The standard InChI is InChI=1S/C13H19N3O/c1-10-3-2-6-15-12(10)9-16-13(17)11-4-7-14-8-5-11/h2-3,6,11,14H,4-5,7-9H2,1H3,(H,16,17). The van der Waals surface area contributed by atoms with Crippen LogP contribution in [0.5, 0.6) is 0 Å². The van der Waals surface area contributed by atoms with Crippen LogP contribution in [0.1, 0.15) is 24.1 Å². The van der Waals surface area contributed by atoms with E-state index in [0.29, 0.717) is 6.54 Å². The number of nitrogens with one attached hydrogen (secondary N) is 2. The highest BCUT2D eigenvalue weighted by Gasteiger charge is 2.20. The van der Waals surface area contributed by atoms with Gasteiger partial charge in [-0.25, -0.2) is 0 Å². The molecule has 1 aromatic heterocycles. The van der Waals surface area contributed by atoms with E-state index in [0.717, 1.165) is 37.2 Å². The highest BCUT2D eigenvalue weighted by molar-refractivity contribution is 5.78. The molecule has 2 heterocycles. The van der Waals surface area contributed by atoms with Gasteiger partial charge in [0.15, 0.2) is 0 Å². The second kappa shape index (κ2) is 5.77. The number of hydrogen-bond donors (Lipinski definition) is 2. The van der Waals surface area contributed by atoms with E-state index in [1.165, 1.54) is 0 Å². The summed E-state index contributed by atoms with van der Waals surface area (Å²) >= 11 is 0. The molecule has 0 saturated carbocycles. The Hall–Kier alpha value is -1.42. The van der Waals surface area contributed by atoms with Gasteiger partial charge in [0.1, 0.15) is 0 Å².